The lowest BCUT2D eigenvalue weighted by atomic mass is 9.77. The molecule has 0 N–H and O–H groups in total. The van der Waals surface area contributed by atoms with Gasteiger partial charge in [0.25, 0.3) is 0 Å². The minimum absolute atomic E-state index is 0.289. The van der Waals surface area contributed by atoms with E-state index in [9.17, 15) is 0 Å². The van der Waals surface area contributed by atoms with Crippen LogP contribution in [0.5, 0.6) is 0 Å². The SMILES string of the molecule is CCC(C)(CC)c1ccc(-c2ccc(C3CCCC3)c[n+]2C)c(C)c1. The van der Waals surface area contributed by atoms with Crippen molar-refractivity contribution in [3.8, 4) is 11.3 Å². The van der Waals surface area contributed by atoms with Crippen LogP contribution in [0.25, 0.3) is 11.3 Å². The molecule has 2 aromatic rings. The van der Waals surface area contributed by atoms with Gasteiger partial charge in [0.05, 0.1) is 0 Å². The largest absolute Gasteiger partial charge is 0.212 e. The van der Waals surface area contributed by atoms with Gasteiger partial charge in [0.2, 0.25) is 5.69 Å². The average molecular weight is 337 g/mol. The number of hydrogen-bond donors (Lipinski definition) is 0. The Morgan fingerprint density at radius 2 is 1.72 bits per heavy atom. The summed E-state index contributed by atoms with van der Waals surface area (Å²) in [6.45, 7) is 9.25. The van der Waals surface area contributed by atoms with E-state index in [-0.39, 0.29) is 5.41 Å². The molecule has 0 bridgehead atoms. The summed E-state index contributed by atoms with van der Waals surface area (Å²) in [5.41, 5.74) is 7.35. The fourth-order valence-corrected chi connectivity index (χ4v) is 4.39. The van der Waals surface area contributed by atoms with Crippen LogP contribution < -0.4 is 4.57 Å². The van der Waals surface area contributed by atoms with Crippen LogP contribution in [0.2, 0.25) is 0 Å². The van der Waals surface area contributed by atoms with Crippen LogP contribution in [0.15, 0.2) is 36.5 Å². The first-order valence-electron chi connectivity index (χ1n) is 10.1. The number of rotatable bonds is 5. The molecule has 1 aromatic carbocycles. The minimum atomic E-state index is 0.289. The Balaban J connectivity index is 1.94. The highest BCUT2D eigenvalue weighted by molar-refractivity contribution is 5.62. The third-order valence-corrected chi connectivity index (χ3v) is 6.74. The average Bonchev–Trinajstić information content (AvgIpc) is 3.16. The van der Waals surface area contributed by atoms with E-state index in [1.54, 1.807) is 0 Å². The van der Waals surface area contributed by atoms with E-state index < -0.39 is 0 Å². The van der Waals surface area contributed by atoms with Gasteiger partial charge in [0, 0.05) is 17.2 Å². The molecule has 0 radical (unpaired) electrons. The van der Waals surface area contributed by atoms with Crippen molar-refractivity contribution in [1.82, 2.24) is 0 Å². The highest BCUT2D eigenvalue weighted by atomic mass is 14.9. The molecule has 0 atom stereocenters. The van der Waals surface area contributed by atoms with Crippen molar-refractivity contribution >= 4 is 0 Å². The van der Waals surface area contributed by atoms with Crippen LogP contribution in [0.3, 0.4) is 0 Å². The molecule has 1 saturated carbocycles. The zero-order valence-corrected chi connectivity index (χ0v) is 16.7. The molecule has 1 aromatic heterocycles. The number of nitrogens with zero attached hydrogens (tertiary/aromatic N) is 1. The van der Waals surface area contributed by atoms with E-state index in [1.807, 2.05) is 0 Å². The van der Waals surface area contributed by atoms with Crippen molar-refractivity contribution in [2.24, 2.45) is 7.05 Å². The van der Waals surface area contributed by atoms with Crippen molar-refractivity contribution in [3.05, 3.63) is 53.2 Å². The molecule has 1 heteroatoms. The van der Waals surface area contributed by atoms with Gasteiger partial charge in [-0.05, 0) is 67.2 Å². The third-order valence-electron chi connectivity index (χ3n) is 6.74. The Hall–Kier alpha value is -1.63. The number of pyridine rings is 1. The molecule has 1 aliphatic carbocycles. The second-order valence-corrected chi connectivity index (χ2v) is 8.24. The van der Waals surface area contributed by atoms with Crippen LogP contribution >= 0.6 is 0 Å². The zero-order valence-electron chi connectivity index (χ0n) is 16.7. The normalized spacial score (nSPS) is 15.7. The van der Waals surface area contributed by atoms with Crippen LogP contribution in [0.4, 0.5) is 0 Å². The minimum Gasteiger partial charge on any atom is -0.201 e. The molecule has 0 saturated heterocycles. The maximum absolute atomic E-state index is 2.41. The Morgan fingerprint density at radius 3 is 2.28 bits per heavy atom. The van der Waals surface area contributed by atoms with Crippen LogP contribution in [-0.2, 0) is 12.5 Å². The van der Waals surface area contributed by atoms with E-state index in [0.717, 1.165) is 5.92 Å². The smallest absolute Gasteiger partial charge is 0.201 e. The van der Waals surface area contributed by atoms with Gasteiger partial charge in [0.1, 0.15) is 7.05 Å². The fourth-order valence-electron chi connectivity index (χ4n) is 4.39. The molecule has 0 amide bonds. The highest BCUT2D eigenvalue weighted by Gasteiger charge is 2.24. The van der Waals surface area contributed by atoms with Crippen molar-refractivity contribution in [2.75, 3.05) is 0 Å². The van der Waals surface area contributed by atoms with Crippen LogP contribution in [-0.4, -0.2) is 0 Å². The van der Waals surface area contributed by atoms with Gasteiger partial charge < -0.3 is 0 Å². The van der Waals surface area contributed by atoms with E-state index in [1.165, 1.54) is 66.5 Å². The molecular weight excluding hydrogens is 302 g/mol. The zero-order chi connectivity index (χ0) is 18.0. The Bertz CT molecular complexity index is 734. The molecule has 134 valence electrons. The molecule has 1 aliphatic rings. The van der Waals surface area contributed by atoms with Crippen LogP contribution in [0, 0.1) is 6.92 Å². The summed E-state index contributed by atoms with van der Waals surface area (Å²) >= 11 is 0. The monoisotopic (exact) mass is 336 g/mol. The Kier molecular flexibility index (Phi) is 5.32. The van der Waals surface area contributed by atoms with Gasteiger partial charge in [-0.3, -0.25) is 0 Å². The van der Waals surface area contributed by atoms with Crippen molar-refractivity contribution in [3.63, 3.8) is 0 Å². The highest BCUT2D eigenvalue weighted by Crippen LogP contribution is 2.35. The molecule has 25 heavy (non-hydrogen) atoms. The van der Waals surface area contributed by atoms with Gasteiger partial charge >= 0.3 is 0 Å². The van der Waals surface area contributed by atoms with Crippen molar-refractivity contribution < 1.29 is 4.57 Å². The summed E-state index contributed by atoms with van der Waals surface area (Å²) in [6.07, 6.45) is 10.2. The molecule has 3 rings (SSSR count). The summed E-state index contributed by atoms with van der Waals surface area (Å²) in [7, 11) is 2.20. The predicted octanol–water partition coefficient (Wildman–Crippen LogP) is 6.22. The van der Waals surface area contributed by atoms with E-state index >= 15 is 0 Å². The predicted molar refractivity (Wildman–Crippen MR) is 107 cm³/mol. The lowest BCUT2D eigenvalue weighted by Gasteiger charge is -2.28. The van der Waals surface area contributed by atoms with E-state index in [0.29, 0.717) is 0 Å². The topological polar surface area (TPSA) is 3.88 Å². The maximum atomic E-state index is 2.41. The first-order valence-corrected chi connectivity index (χ1v) is 10.1. The third kappa shape index (κ3) is 3.52. The van der Waals surface area contributed by atoms with Gasteiger partial charge in [-0.25, -0.2) is 4.57 Å². The first-order chi connectivity index (χ1) is 12.0. The molecule has 0 spiro atoms. The summed E-state index contributed by atoms with van der Waals surface area (Å²) in [6, 6.07) is 11.8. The molecule has 0 unspecified atom stereocenters. The first kappa shape index (κ1) is 18.2. The van der Waals surface area contributed by atoms with E-state index in [4.69, 9.17) is 0 Å². The van der Waals surface area contributed by atoms with Crippen LogP contribution in [0.1, 0.15) is 81.9 Å². The Labute approximate surface area is 154 Å². The van der Waals surface area contributed by atoms with E-state index in [2.05, 4.69) is 75.8 Å². The summed E-state index contributed by atoms with van der Waals surface area (Å²) < 4.78 is 2.33. The quantitative estimate of drug-likeness (QED) is 0.570. The van der Waals surface area contributed by atoms with Crippen molar-refractivity contribution in [1.29, 1.82) is 0 Å². The van der Waals surface area contributed by atoms with Crippen molar-refractivity contribution in [2.45, 2.75) is 77.6 Å². The molecular formula is C24H34N+. The van der Waals surface area contributed by atoms with Gasteiger partial charge in [-0.1, -0.05) is 45.7 Å². The number of hydrogen-bond acceptors (Lipinski definition) is 0. The lowest BCUT2D eigenvalue weighted by Crippen LogP contribution is -2.31. The summed E-state index contributed by atoms with van der Waals surface area (Å²) in [4.78, 5) is 0. The van der Waals surface area contributed by atoms with Gasteiger partial charge in [-0.15, -0.1) is 0 Å². The van der Waals surface area contributed by atoms with Gasteiger partial charge in [-0.2, -0.15) is 0 Å². The maximum Gasteiger partial charge on any atom is 0.212 e. The summed E-state index contributed by atoms with van der Waals surface area (Å²) in [5.74, 6) is 0.776. The number of benzene rings is 1. The second-order valence-electron chi connectivity index (χ2n) is 8.24. The lowest BCUT2D eigenvalue weighted by molar-refractivity contribution is -0.660. The number of aromatic nitrogens is 1. The standard InChI is InChI=1S/C24H34N/c1-6-24(4,7-2)21-13-14-22(18(3)16-21)23-15-12-20(17-25(23)5)19-10-8-9-11-19/h12-17,19H,6-11H2,1-5H3/q+1. The van der Waals surface area contributed by atoms with Gasteiger partial charge in [0.15, 0.2) is 6.20 Å². The molecule has 0 aliphatic heterocycles. The fraction of sp³-hybridized carbons (Fsp3) is 0.542. The number of aryl methyl sites for hydroxylation is 2. The molecule has 1 heterocycles. The second kappa shape index (κ2) is 7.32. The Morgan fingerprint density at radius 1 is 1.04 bits per heavy atom. The molecule has 1 nitrogen and oxygen atoms in total. The summed E-state index contributed by atoms with van der Waals surface area (Å²) in [5, 5.41) is 0. The molecule has 1 fully saturated rings.